The summed E-state index contributed by atoms with van der Waals surface area (Å²) in [6.45, 7) is 0.142. The Balaban J connectivity index is 2.22. The van der Waals surface area contributed by atoms with Gasteiger partial charge >= 0.3 is 0 Å². The van der Waals surface area contributed by atoms with E-state index in [1.807, 2.05) is 6.07 Å². The van der Waals surface area contributed by atoms with Crippen molar-refractivity contribution >= 4 is 56.4 Å². The minimum absolute atomic E-state index is 0.0717. The van der Waals surface area contributed by atoms with Crippen LogP contribution in [0.15, 0.2) is 34.8 Å². The third kappa shape index (κ3) is 4.01. The van der Waals surface area contributed by atoms with Crippen molar-refractivity contribution in [3.8, 4) is 5.75 Å². The zero-order valence-electron chi connectivity index (χ0n) is 10.3. The van der Waals surface area contributed by atoms with Crippen molar-refractivity contribution in [2.45, 2.75) is 6.61 Å². The van der Waals surface area contributed by atoms with Gasteiger partial charge in [-0.25, -0.2) is 0 Å². The first-order valence-electron chi connectivity index (χ1n) is 5.58. The fraction of sp³-hybridized carbons (Fsp3) is 0.0769. The van der Waals surface area contributed by atoms with Crippen LogP contribution in [0.1, 0.15) is 5.56 Å². The molecule has 0 bridgehead atoms. The fourth-order valence-electron chi connectivity index (χ4n) is 1.58. The van der Waals surface area contributed by atoms with E-state index in [2.05, 4.69) is 15.9 Å². The van der Waals surface area contributed by atoms with E-state index in [0.29, 0.717) is 5.02 Å². The predicted molar refractivity (Wildman–Crippen MR) is 86.6 cm³/mol. The normalized spacial score (nSPS) is 10.5. The van der Waals surface area contributed by atoms with Crippen molar-refractivity contribution in [2.75, 3.05) is 0 Å². The molecule has 0 atom stereocenters. The molecule has 0 unspecified atom stereocenters. The number of rotatable bonds is 4. The van der Waals surface area contributed by atoms with E-state index in [0.717, 1.165) is 10.0 Å². The molecule has 2 aromatic rings. The van der Waals surface area contributed by atoms with Gasteiger partial charge in [-0.1, -0.05) is 56.8 Å². The monoisotopic (exact) mass is 409 g/mol. The number of nitro groups is 1. The minimum Gasteiger partial charge on any atom is -0.486 e. The van der Waals surface area contributed by atoms with Gasteiger partial charge in [-0.2, -0.15) is 0 Å². The predicted octanol–water partition coefficient (Wildman–Crippen LogP) is 5.90. The molecule has 21 heavy (non-hydrogen) atoms. The molecule has 2 aromatic carbocycles. The number of non-ortho nitro benzene ring substituents is 1. The van der Waals surface area contributed by atoms with E-state index >= 15 is 0 Å². The Labute approximate surface area is 143 Å². The highest BCUT2D eigenvalue weighted by Crippen LogP contribution is 2.37. The number of nitro benzene ring substituents is 1. The second kappa shape index (κ2) is 6.83. The zero-order valence-corrected chi connectivity index (χ0v) is 14.1. The number of nitrogens with zero attached hydrogens (tertiary/aromatic N) is 1. The third-order valence-electron chi connectivity index (χ3n) is 2.58. The number of hydrogen-bond acceptors (Lipinski definition) is 3. The van der Waals surface area contributed by atoms with Crippen LogP contribution < -0.4 is 4.74 Å². The molecule has 2 rings (SSSR count). The molecule has 0 spiro atoms. The largest absolute Gasteiger partial charge is 0.486 e. The van der Waals surface area contributed by atoms with Crippen LogP contribution in [0.3, 0.4) is 0 Å². The Morgan fingerprint density at radius 1 is 1.10 bits per heavy atom. The number of ether oxygens (including phenoxy) is 1. The molecule has 0 aliphatic carbocycles. The SMILES string of the molecule is O=[N+]([O-])c1cc(Cl)c(OCc2ccc(Br)cc2Cl)c(Cl)c1. The Bertz CT molecular complexity index is 686. The molecule has 4 nitrogen and oxygen atoms in total. The molecular weight excluding hydrogens is 404 g/mol. The van der Waals surface area contributed by atoms with Gasteiger partial charge in [0.25, 0.3) is 5.69 Å². The quantitative estimate of drug-likeness (QED) is 0.465. The van der Waals surface area contributed by atoms with Gasteiger partial charge in [-0.3, -0.25) is 10.1 Å². The molecule has 0 fully saturated rings. The molecule has 0 heterocycles. The molecule has 0 radical (unpaired) electrons. The average Bonchev–Trinajstić information content (AvgIpc) is 2.39. The van der Waals surface area contributed by atoms with Crippen molar-refractivity contribution < 1.29 is 9.66 Å². The van der Waals surface area contributed by atoms with Gasteiger partial charge in [0, 0.05) is 27.2 Å². The number of halogens is 4. The third-order valence-corrected chi connectivity index (χ3v) is 3.99. The summed E-state index contributed by atoms with van der Waals surface area (Å²) in [5, 5.41) is 11.4. The Kier molecular flexibility index (Phi) is 5.32. The lowest BCUT2D eigenvalue weighted by Gasteiger charge is -2.11. The Morgan fingerprint density at radius 3 is 2.24 bits per heavy atom. The van der Waals surface area contributed by atoms with Crippen LogP contribution in [0.2, 0.25) is 15.1 Å². The van der Waals surface area contributed by atoms with E-state index < -0.39 is 4.92 Å². The van der Waals surface area contributed by atoms with Gasteiger partial charge in [0.15, 0.2) is 5.75 Å². The van der Waals surface area contributed by atoms with Crippen LogP contribution in [0.25, 0.3) is 0 Å². The topological polar surface area (TPSA) is 52.4 Å². The summed E-state index contributed by atoms with van der Waals surface area (Å²) in [5.41, 5.74) is 0.546. The molecule has 8 heteroatoms. The lowest BCUT2D eigenvalue weighted by molar-refractivity contribution is -0.384. The standard InChI is InChI=1S/C13H7BrCl3NO3/c14-8-2-1-7(10(15)3-8)6-21-13-11(16)4-9(18(19)20)5-12(13)17/h1-5H,6H2. The van der Waals surface area contributed by atoms with E-state index in [-0.39, 0.29) is 28.1 Å². The Hall–Kier alpha value is -1.01. The van der Waals surface area contributed by atoms with E-state index in [9.17, 15) is 10.1 Å². The van der Waals surface area contributed by atoms with E-state index in [4.69, 9.17) is 39.5 Å². The number of hydrogen-bond donors (Lipinski definition) is 0. The van der Waals surface area contributed by atoms with Crippen molar-refractivity contribution in [2.24, 2.45) is 0 Å². The van der Waals surface area contributed by atoms with Gasteiger partial charge in [0.05, 0.1) is 15.0 Å². The molecular formula is C13H7BrCl3NO3. The first kappa shape index (κ1) is 16.4. The van der Waals surface area contributed by atoms with E-state index in [1.54, 1.807) is 12.1 Å². The summed E-state index contributed by atoms with van der Waals surface area (Å²) in [5.74, 6) is 0.183. The highest BCUT2D eigenvalue weighted by atomic mass is 79.9. The highest BCUT2D eigenvalue weighted by Gasteiger charge is 2.16. The maximum Gasteiger partial charge on any atom is 0.272 e. The molecule has 110 valence electrons. The van der Waals surface area contributed by atoms with Gasteiger partial charge in [0.2, 0.25) is 0 Å². The number of benzene rings is 2. The van der Waals surface area contributed by atoms with Gasteiger partial charge in [-0.05, 0) is 12.1 Å². The second-order valence-electron chi connectivity index (χ2n) is 4.02. The van der Waals surface area contributed by atoms with Gasteiger partial charge in [-0.15, -0.1) is 0 Å². The molecule has 0 aliphatic heterocycles. The summed E-state index contributed by atoms with van der Waals surface area (Å²) in [7, 11) is 0. The van der Waals surface area contributed by atoms with Crippen molar-refractivity contribution in [3.05, 3.63) is 65.6 Å². The molecule has 0 N–H and O–H groups in total. The van der Waals surface area contributed by atoms with E-state index in [1.165, 1.54) is 12.1 Å². The van der Waals surface area contributed by atoms with Crippen molar-refractivity contribution in [1.82, 2.24) is 0 Å². The second-order valence-corrected chi connectivity index (χ2v) is 6.16. The van der Waals surface area contributed by atoms with Gasteiger partial charge in [0.1, 0.15) is 6.61 Å². The highest BCUT2D eigenvalue weighted by molar-refractivity contribution is 9.10. The van der Waals surface area contributed by atoms with Crippen LogP contribution in [0, 0.1) is 10.1 Å². The molecule has 0 saturated heterocycles. The first-order chi connectivity index (χ1) is 9.88. The van der Waals surface area contributed by atoms with Crippen LogP contribution in [-0.4, -0.2) is 4.92 Å². The molecule has 0 aliphatic rings. The van der Waals surface area contributed by atoms with Crippen molar-refractivity contribution in [3.63, 3.8) is 0 Å². The minimum atomic E-state index is -0.576. The smallest absolute Gasteiger partial charge is 0.272 e. The first-order valence-corrected chi connectivity index (χ1v) is 7.51. The fourth-order valence-corrected chi connectivity index (χ4v) is 2.89. The van der Waals surface area contributed by atoms with Crippen LogP contribution in [0.5, 0.6) is 5.75 Å². The summed E-state index contributed by atoms with van der Waals surface area (Å²) in [6.07, 6.45) is 0. The van der Waals surface area contributed by atoms with Crippen LogP contribution >= 0.6 is 50.7 Å². The van der Waals surface area contributed by atoms with Gasteiger partial charge < -0.3 is 4.74 Å². The van der Waals surface area contributed by atoms with Crippen LogP contribution in [0.4, 0.5) is 5.69 Å². The maximum atomic E-state index is 10.7. The van der Waals surface area contributed by atoms with Crippen molar-refractivity contribution in [1.29, 1.82) is 0 Å². The summed E-state index contributed by atoms with van der Waals surface area (Å²) >= 11 is 21.3. The van der Waals surface area contributed by atoms with Crippen LogP contribution in [-0.2, 0) is 6.61 Å². The lowest BCUT2D eigenvalue weighted by Crippen LogP contribution is -1.98. The average molecular weight is 411 g/mol. The summed E-state index contributed by atoms with van der Waals surface area (Å²) in [6, 6.07) is 7.72. The lowest BCUT2D eigenvalue weighted by atomic mass is 10.2. The Morgan fingerprint density at radius 2 is 1.71 bits per heavy atom. The molecule has 0 amide bonds. The zero-order chi connectivity index (χ0) is 15.6. The summed E-state index contributed by atoms with van der Waals surface area (Å²) in [4.78, 5) is 10.1. The molecule has 0 saturated carbocycles. The maximum absolute atomic E-state index is 10.7. The molecule has 0 aromatic heterocycles. The summed E-state index contributed by atoms with van der Waals surface area (Å²) < 4.78 is 6.37.